The first-order valence-corrected chi connectivity index (χ1v) is 10.4. The van der Waals surface area contributed by atoms with Crippen LogP contribution in [0.1, 0.15) is 53.2 Å². The Balaban J connectivity index is 0.00000280. The summed E-state index contributed by atoms with van der Waals surface area (Å²) >= 11 is 1.72. The van der Waals surface area contributed by atoms with Gasteiger partial charge in [-0.2, -0.15) is 0 Å². The maximum absolute atomic E-state index is 5.98. The third-order valence-electron chi connectivity index (χ3n) is 4.80. The van der Waals surface area contributed by atoms with E-state index in [1.54, 1.807) is 18.4 Å². The minimum atomic E-state index is 0. The predicted octanol–water partition coefficient (Wildman–Crippen LogP) is 4.35. The molecule has 3 rings (SSSR count). The zero-order valence-electron chi connectivity index (χ0n) is 16.8. The zero-order chi connectivity index (χ0) is 19.1. The molecule has 0 aliphatic heterocycles. The Kier molecular flexibility index (Phi) is 9.43. The molecule has 0 spiro atoms. The fraction of sp³-hybridized carbons (Fsp3) is 0.550. The van der Waals surface area contributed by atoms with E-state index in [0.29, 0.717) is 19.2 Å². The summed E-state index contributed by atoms with van der Waals surface area (Å²) in [6.07, 6.45) is 8.34. The zero-order valence-corrected chi connectivity index (χ0v) is 20.0. The van der Waals surface area contributed by atoms with E-state index in [9.17, 15) is 0 Å². The molecule has 0 unspecified atom stereocenters. The van der Waals surface area contributed by atoms with Crippen LogP contribution in [0.2, 0.25) is 0 Å². The third kappa shape index (κ3) is 6.88. The van der Waals surface area contributed by atoms with Gasteiger partial charge in [-0.25, -0.2) is 9.97 Å². The SMILES string of the molecule is CN=C(NCc1ccc(OC2CCCCC2)nc1)NCc1nc(C)c(C)s1.I. The van der Waals surface area contributed by atoms with Gasteiger partial charge in [0.05, 0.1) is 12.2 Å². The second-order valence-electron chi connectivity index (χ2n) is 6.91. The molecule has 0 radical (unpaired) electrons. The first-order chi connectivity index (χ1) is 13.1. The van der Waals surface area contributed by atoms with Crippen molar-refractivity contribution in [3.63, 3.8) is 0 Å². The van der Waals surface area contributed by atoms with Crippen LogP contribution in [0.3, 0.4) is 0 Å². The number of thiazole rings is 1. The highest BCUT2D eigenvalue weighted by atomic mass is 127. The fourth-order valence-electron chi connectivity index (χ4n) is 3.12. The number of nitrogens with zero attached hydrogens (tertiary/aromatic N) is 3. The lowest BCUT2D eigenvalue weighted by Gasteiger charge is -2.22. The summed E-state index contributed by atoms with van der Waals surface area (Å²) in [5, 5.41) is 7.69. The van der Waals surface area contributed by atoms with Crippen molar-refractivity contribution in [3.05, 3.63) is 39.5 Å². The van der Waals surface area contributed by atoms with Crippen molar-refractivity contribution >= 4 is 41.3 Å². The Morgan fingerprint density at radius 2 is 1.93 bits per heavy atom. The van der Waals surface area contributed by atoms with E-state index in [0.717, 1.165) is 40.9 Å². The normalized spacial score (nSPS) is 15.0. The fourth-order valence-corrected chi connectivity index (χ4v) is 3.99. The van der Waals surface area contributed by atoms with Crippen LogP contribution in [-0.2, 0) is 13.1 Å². The Morgan fingerprint density at radius 3 is 2.54 bits per heavy atom. The Morgan fingerprint density at radius 1 is 1.18 bits per heavy atom. The molecule has 0 atom stereocenters. The lowest BCUT2D eigenvalue weighted by atomic mass is 9.98. The van der Waals surface area contributed by atoms with Gasteiger partial charge in [0.15, 0.2) is 5.96 Å². The van der Waals surface area contributed by atoms with Gasteiger partial charge in [0.1, 0.15) is 11.1 Å². The van der Waals surface area contributed by atoms with Gasteiger partial charge < -0.3 is 15.4 Å². The predicted molar refractivity (Wildman–Crippen MR) is 126 cm³/mol. The van der Waals surface area contributed by atoms with Crippen molar-refractivity contribution in [2.75, 3.05) is 7.05 Å². The second-order valence-corrected chi connectivity index (χ2v) is 8.20. The van der Waals surface area contributed by atoms with Crippen LogP contribution in [0.5, 0.6) is 5.88 Å². The highest BCUT2D eigenvalue weighted by molar-refractivity contribution is 14.0. The van der Waals surface area contributed by atoms with Crippen LogP contribution in [0.25, 0.3) is 0 Å². The number of guanidine groups is 1. The standard InChI is InChI=1S/C20H29N5OS.HI/c1-14-15(2)27-19(25-14)13-24-20(21-3)23-12-16-9-10-18(22-11-16)26-17-7-5-4-6-8-17;/h9-11,17H,4-8,12-13H2,1-3H3,(H2,21,23,24);1H. The molecule has 6 nitrogen and oxygen atoms in total. The number of ether oxygens (including phenoxy) is 1. The third-order valence-corrected chi connectivity index (χ3v) is 5.87. The molecule has 154 valence electrons. The van der Waals surface area contributed by atoms with Crippen molar-refractivity contribution in [1.82, 2.24) is 20.6 Å². The number of nitrogens with one attached hydrogen (secondary N) is 2. The van der Waals surface area contributed by atoms with Crippen molar-refractivity contribution in [1.29, 1.82) is 0 Å². The highest BCUT2D eigenvalue weighted by Crippen LogP contribution is 2.22. The Bertz CT molecular complexity index is 737. The van der Waals surface area contributed by atoms with E-state index in [1.807, 2.05) is 19.2 Å². The monoisotopic (exact) mass is 515 g/mol. The van der Waals surface area contributed by atoms with Gasteiger partial charge in [0.25, 0.3) is 0 Å². The first kappa shape index (κ1) is 22.9. The molecule has 1 saturated carbocycles. The van der Waals surface area contributed by atoms with Crippen LogP contribution < -0.4 is 15.4 Å². The molecule has 1 fully saturated rings. The minimum Gasteiger partial charge on any atom is -0.474 e. The Labute approximate surface area is 188 Å². The molecule has 2 N–H and O–H groups in total. The summed E-state index contributed by atoms with van der Waals surface area (Å²) in [5.41, 5.74) is 2.19. The van der Waals surface area contributed by atoms with Gasteiger partial charge in [0.2, 0.25) is 5.88 Å². The van der Waals surface area contributed by atoms with Gasteiger partial charge in [-0.1, -0.05) is 12.5 Å². The average Bonchev–Trinajstić information content (AvgIpc) is 3.01. The van der Waals surface area contributed by atoms with Gasteiger partial charge in [-0.3, -0.25) is 4.99 Å². The molecule has 0 bridgehead atoms. The van der Waals surface area contributed by atoms with Gasteiger partial charge in [0, 0.05) is 30.7 Å². The summed E-state index contributed by atoms with van der Waals surface area (Å²) in [5.74, 6) is 1.48. The average molecular weight is 515 g/mol. The van der Waals surface area contributed by atoms with Gasteiger partial charge in [-0.15, -0.1) is 35.3 Å². The molecule has 1 aliphatic carbocycles. The van der Waals surface area contributed by atoms with Crippen LogP contribution in [0.15, 0.2) is 23.3 Å². The summed E-state index contributed by atoms with van der Waals surface area (Å²) < 4.78 is 5.98. The second kappa shape index (κ2) is 11.5. The van der Waals surface area contributed by atoms with Crippen LogP contribution in [-0.4, -0.2) is 29.1 Å². The molecule has 8 heteroatoms. The molecule has 0 saturated heterocycles. The van der Waals surface area contributed by atoms with Crippen LogP contribution in [0, 0.1) is 13.8 Å². The summed E-state index contributed by atoms with van der Waals surface area (Å²) in [7, 11) is 1.77. The van der Waals surface area contributed by atoms with Crippen LogP contribution in [0.4, 0.5) is 0 Å². The first-order valence-electron chi connectivity index (χ1n) is 9.63. The summed E-state index contributed by atoms with van der Waals surface area (Å²) in [4.78, 5) is 14.5. The number of pyridine rings is 1. The van der Waals surface area contributed by atoms with E-state index in [1.165, 1.54) is 24.1 Å². The number of aromatic nitrogens is 2. The molecule has 0 aromatic carbocycles. The van der Waals surface area contributed by atoms with Crippen molar-refractivity contribution in [2.45, 2.75) is 65.1 Å². The summed E-state index contributed by atoms with van der Waals surface area (Å²) in [6, 6.07) is 4.02. The molecular weight excluding hydrogens is 485 g/mol. The van der Waals surface area contributed by atoms with E-state index in [4.69, 9.17) is 4.74 Å². The van der Waals surface area contributed by atoms with Crippen LogP contribution >= 0.6 is 35.3 Å². The number of hydrogen-bond acceptors (Lipinski definition) is 5. The van der Waals surface area contributed by atoms with E-state index in [2.05, 4.69) is 38.6 Å². The molecule has 1 aliphatic rings. The molecule has 0 amide bonds. The highest BCUT2D eigenvalue weighted by Gasteiger charge is 2.15. The largest absolute Gasteiger partial charge is 0.474 e. The quantitative estimate of drug-likeness (QED) is 0.340. The maximum Gasteiger partial charge on any atom is 0.213 e. The number of hydrogen-bond donors (Lipinski definition) is 2. The van der Waals surface area contributed by atoms with Crippen molar-refractivity contribution < 1.29 is 4.74 Å². The molecule has 2 heterocycles. The van der Waals surface area contributed by atoms with Gasteiger partial charge >= 0.3 is 0 Å². The maximum atomic E-state index is 5.98. The number of halogens is 1. The van der Waals surface area contributed by atoms with E-state index >= 15 is 0 Å². The smallest absolute Gasteiger partial charge is 0.213 e. The van der Waals surface area contributed by atoms with Crippen molar-refractivity contribution in [2.24, 2.45) is 4.99 Å². The molecule has 28 heavy (non-hydrogen) atoms. The number of aryl methyl sites for hydroxylation is 2. The topological polar surface area (TPSA) is 71.4 Å². The number of rotatable bonds is 6. The number of aliphatic imine (C=N–C) groups is 1. The molecule has 2 aromatic rings. The van der Waals surface area contributed by atoms with Crippen molar-refractivity contribution in [3.8, 4) is 5.88 Å². The van der Waals surface area contributed by atoms with E-state index in [-0.39, 0.29) is 24.0 Å². The lowest BCUT2D eigenvalue weighted by molar-refractivity contribution is 0.148. The molecule has 2 aromatic heterocycles. The van der Waals surface area contributed by atoms with E-state index < -0.39 is 0 Å². The van der Waals surface area contributed by atoms with Gasteiger partial charge in [-0.05, 0) is 45.1 Å². The Hall–Kier alpha value is -1.42. The minimum absolute atomic E-state index is 0. The lowest BCUT2D eigenvalue weighted by Crippen LogP contribution is -2.36. The summed E-state index contributed by atoms with van der Waals surface area (Å²) in [6.45, 7) is 5.47. The molecular formula is C20H30IN5OS.